The molecule has 22 heavy (non-hydrogen) atoms. The van der Waals surface area contributed by atoms with Gasteiger partial charge in [-0.1, -0.05) is 0 Å². The Balaban J connectivity index is 1.41. The fourth-order valence-corrected chi connectivity index (χ4v) is 3.66. The number of urea groups is 1. The van der Waals surface area contributed by atoms with Crippen LogP contribution in [0.3, 0.4) is 0 Å². The molecule has 0 atom stereocenters. The Hall–Kier alpha value is -1.67. The normalized spacial score (nSPS) is 13.9. The first-order valence-electron chi connectivity index (χ1n) is 7.19. The molecule has 0 saturated heterocycles. The Morgan fingerprint density at radius 2 is 1.82 bits per heavy atom. The highest BCUT2D eigenvalue weighted by atomic mass is 32.1. The van der Waals surface area contributed by atoms with Gasteiger partial charge >= 0.3 is 6.03 Å². The molecule has 2 aromatic heterocycles. The molecule has 2 N–H and O–H groups in total. The summed E-state index contributed by atoms with van der Waals surface area (Å²) in [5, 5.41) is 11.8. The van der Waals surface area contributed by atoms with Crippen molar-refractivity contribution in [3.63, 3.8) is 0 Å². The van der Waals surface area contributed by atoms with Crippen LogP contribution in [0.1, 0.15) is 35.2 Å². The van der Waals surface area contributed by atoms with Crippen LogP contribution in [0.2, 0.25) is 0 Å². The van der Waals surface area contributed by atoms with Crippen LogP contribution in [0, 0.1) is 0 Å². The smallest absolute Gasteiger partial charge is 0.315 e. The number of nitrogens with zero attached hydrogens (tertiary/aromatic N) is 3. The monoisotopic (exact) mass is 337 g/mol. The zero-order chi connectivity index (χ0) is 15.5. The van der Waals surface area contributed by atoms with Gasteiger partial charge < -0.3 is 15.5 Å². The number of anilines is 1. The van der Waals surface area contributed by atoms with Crippen molar-refractivity contribution in [2.75, 3.05) is 19.0 Å². The maximum absolute atomic E-state index is 11.8. The molecule has 0 aliphatic heterocycles. The van der Waals surface area contributed by atoms with Crippen LogP contribution in [-0.4, -0.2) is 30.1 Å². The molecule has 118 valence electrons. The first-order valence-corrected chi connectivity index (χ1v) is 8.95. The molecule has 8 heteroatoms. The molecule has 1 aliphatic carbocycles. The molecule has 0 spiro atoms. The fraction of sp³-hybridized carbons (Fsp3) is 0.500. The van der Waals surface area contributed by atoms with Crippen molar-refractivity contribution in [2.24, 2.45) is 0 Å². The van der Waals surface area contributed by atoms with Gasteiger partial charge in [-0.05, 0) is 12.8 Å². The van der Waals surface area contributed by atoms with Gasteiger partial charge in [-0.25, -0.2) is 14.8 Å². The summed E-state index contributed by atoms with van der Waals surface area (Å²) in [6.07, 6.45) is 2.51. The predicted molar refractivity (Wildman–Crippen MR) is 89.6 cm³/mol. The van der Waals surface area contributed by atoms with Gasteiger partial charge in [-0.3, -0.25) is 0 Å². The Morgan fingerprint density at radius 1 is 1.18 bits per heavy atom. The minimum atomic E-state index is -0.194. The van der Waals surface area contributed by atoms with E-state index in [4.69, 9.17) is 0 Å². The van der Waals surface area contributed by atoms with Crippen LogP contribution in [0.5, 0.6) is 0 Å². The van der Waals surface area contributed by atoms with Gasteiger partial charge in [0, 0.05) is 30.8 Å². The van der Waals surface area contributed by atoms with Crippen molar-refractivity contribution in [1.29, 1.82) is 0 Å². The van der Waals surface area contributed by atoms with E-state index in [0.29, 0.717) is 19.0 Å². The van der Waals surface area contributed by atoms with Crippen LogP contribution in [-0.2, 0) is 13.1 Å². The molecule has 1 saturated carbocycles. The molecule has 0 bridgehead atoms. The zero-order valence-corrected chi connectivity index (χ0v) is 14.3. The van der Waals surface area contributed by atoms with E-state index in [9.17, 15) is 4.79 Å². The number of amides is 2. The number of hydrogen-bond acceptors (Lipinski definition) is 6. The Labute approximate surface area is 137 Å². The minimum absolute atomic E-state index is 0.194. The van der Waals surface area contributed by atoms with E-state index in [0.717, 1.165) is 16.5 Å². The third kappa shape index (κ3) is 3.95. The van der Waals surface area contributed by atoms with Gasteiger partial charge in [-0.15, -0.1) is 22.7 Å². The highest BCUT2D eigenvalue weighted by Gasteiger charge is 2.26. The van der Waals surface area contributed by atoms with Crippen LogP contribution >= 0.6 is 22.7 Å². The van der Waals surface area contributed by atoms with Crippen molar-refractivity contribution in [3.8, 4) is 0 Å². The lowest BCUT2D eigenvalue weighted by Gasteiger charge is -2.06. The van der Waals surface area contributed by atoms with Crippen molar-refractivity contribution >= 4 is 33.8 Å². The summed E-state index contributed by atoms with van der Waals surface area (Å²) in [6, 6.07) is -0.194. The van der Waals surface area contributed by atoms with Crippen molar-refractivity contribution in [1.82, 2.24) is 20.6 Å². The second kappa shape index (κ2) is 6.62. The third-order valence-corrected chi connectivity index (χ3v) is 5.39. The number of carbonyl (C=O) groups is 1. The second-order valence-electron chi connectivity index (χ2n) is 5.50. The standard InChI is InChI=1S/C14H19N5OS2/c1-19(2)14-18-11(8-22-14)6-16-13(20)15-5-10-7-21-12(17-10)9-3-4-9/h7-9H,3-6H2,1-2H3,(H2,15,16,20). The van der Waals surface area contributed by atoms with E-state index < -0.39 is 0 Å². The van der Waals surface area contributed by atoms with Crippen molar-refractivity contribution in [3.05, 3.63) is 27.2 Å². The second-order valence-corrected chi connectivity index (χ2v) is 7.23. The van der Waals surface area contributed by atoms with Gasteiger partial charge in [-0.2, -0.15) is 0 Å². The van der Waals surface area contributed by atoms with E-state index >= 15 is 0 Å². The topological polar surface area (TPSA) is 70.2 Å². The van der Waals surface area contributed by atoms with Crippen LogP contribution < -0.4 is 15.5 Å². The molecule has 2 aromatic rings. The van der Waals surface area contributed by atoms with Gasteiger partial charge in [0.25, 0.3) is 0 Å². The number of aromatic nitrogens is 2. The van der Waals surface area contributed by atoms with E-state index in [1.54, 1.807) is 22.7 Å². The van der Waals surface area contributed by atoms with Crippen molar-refractivity contribution < 1.29 is 4.79 Å². The summed E-state index contributed by atoms with van der Waals surface area (Å²) in [7, 11) is 3.90. The molecule has 0 unspecified atom stereocenters. The van der Waals surface area contributed by atoms with E-state index in [2.05, 4.69) is 20.6 Å². The highest BCUT2D eigenvalue weighted by molar-refractivity contribution is 7.13. The number of thiazole rings is 2. The average Bonchev–Trinajstić information content (AvgIpc) is 3.05. The van der Waals surface area contributed by atoms with Crippen LogP contribution in [0.25, 0.3) is 0 Å². The maximum atomic E-state index is 11.8. The molecule has 3 rings (SSSR count). The summed E-state index contributed by atoms with van der Waals surface area (Å²) < 4.78 is 0. The van der Waals surface area contributed by atoms with E-state index in [1.807, 2.05) is 29.8 Å². The average molecular weight is 337 g/mol. The van der Waals surface area contributed by atoms with Gasteiger partial charge in [0.15, 0.2) is 5.13 Å². The molecular weight excluding hydrogens is 318 g/mol. The largest absolute Gasteiger partial charge is 0.354 e. The summed E-state index contributed by atoms with van der Waals surface area (Å²) in [4.78, 5) is 22.7. The fourth-order valence-electron chi connectivity index (χ4n) is 1.91. The van der Waals surface area contributed by atoms with Gasteiger partial charge in [0.05, 0.1) is 29.5 Å². The molecule has 1 fully saturated rings. The molecule has 0 aromatic carbocycles. The quantitative estimate of drug-likeness (QED) is 0.850. The summed E-state index contributed by atoms with van der Waals surface area (Å²) >= 11 is 3.26. The number of carbonyl (C=O) groups excluding carboxylic acids is 1. The lowest BCUT2D eigenvalue weighted by molar-refractivity contribution is 0.240. The lowest BCUT2D eigenvalue weighted by Crippen LogP contribution is -2.34. The number of rotatable bonds is 6. The summed E-state index contributed by atoms with van der Waals surface area (Å²) in [5.74, 6) is 0.670. The third-order valence-electron chi connectivity index (χ3n) is 3.28. The molecule has 2 amide bonds. The van der Waals surface area contributed by atoms with Gasteiger partial charge in [0.2, 0.25) is 0 Å². The first kappa shape index (κ1) is 15.2. The van der Waals surface area contributed by atoms with Crippen LogP contribution in [0.4, 0.5) is 9.93 Å². The number of nitrogens with one attached hydrogen (secondary N) is 2. The van der Waals surface area contributed by atoms with Crippen molar-refractivity contribution in [2.45, 2.75) is 31.8 Å². The summed E-state index contributed by atoms with van der Waals surface area (Å²) in [6.45, 7) is 0.898. The highest BCUT2D eigenvalue weighted by Crippen LogP contribution is 2.41. The Morgan fingerprint density at radius 3 is 2.41 bits per heavy atom. The van der Waals surface area contributed by atoms with E-state index in [1.165, 1.54) is 17.8 Å². The van der Waals surface area contributed by atoms with Gasteiger partial charge in [0.1, 0.15) is 0 Å². The Bertz CT molecular complexity index is 601. The lowest BCUT2D eigenvalue weighted by atomic mass is 10.4. The summed E-state index contributed by atoms with van der Waals surface area (Å²) in [5.41, 5.74) is 1.80. The minimum Gasteiger partial charge on any atom is -0.354 e. The Kier molecular flexibility index (Phi) is 4.58. The molecule has 1 aliphatic rings. The maximum Gasteiger partial charge on any atom is 0.315 e. The molecule has 0 radical (unpaired) electrons. The predicted octanol–water partition coefficient (Wildman–Crippen LogP) is 2.54. The molecule has 2 heterocycles. The number of hydrogen-bond donors (Lipinski definition) is 2. The molecular formula is C14H19N5OS2. The SMILES string of the molecule is CN(C)c1nc(CNC(=O)NCc2csc(C3CC3)n2)cs1. The molecule has 6 nitrogen and oxygen atoms in total. The zero-order valence-electron chi connectivity index (χ0n) is 12.6. The van der Waals surface area contributed by atoms with E-state index in [-0.39, 0.29) is 6.03 Å². The van der Waals surface area contributed by atoms with Crippen LogP contribution in [0.15, 0.2) is 10.8 Å². The first-order chi connectivity index (χ1) is 10.6.